The minimum absolute atomic E-state index is 0.0383. The number of halogens is 1. The minimum Gasteiger partial charge on any atom is -0.368 e. The van der Waals surface area contributed by atoms with Crippen molar-refractivity contribution >= 4 is 40.9 Å². The molecule has 0 radical (unpaired) electrons. The van der Waals surface area contributed by atoms with E-state index in [4.69, 9.17) is 17.3 Å². The second-order valence-electron chi connectivity index (χ2n) is 6.15. The van der Waals surface area contributed by atoms with Gasteiger partial charge in [0, 0.05) is 16.5 Å². The van der Waals surface area contributed by atoms with Crippen LogP contribution < -0.4 is 11.1 Å². The molecule has 0 unspecified atom stereocenters. The fourth-order valence-electron chi connectivity index (χ4n) is 2.48. The van der Waals surface area contributed by atoms with Gasteiger partial charge in [0.15, 0.2) is 5.16 Å². The molecule has 0 spiro atoms. The van der Waals surface area contributed by atoms with Crippen LogP contribution in [0, 0.1) is 13.8 Å². The van der Waals surface area contributed by atoms with Crippen LogP contribution in [0.4, 0.5) is 11.6 Å². The predicted molar refractivity (Wildman–Crippen MR) is 110 cm³/mol. The van der Waals surface area contributed by atoms with Crippen molar-refractivity contribution in [3.05, 3.63) is 64.2 Å². The molecule has 1 aromatic heterocycles. The average molecular weight is 402 g/mol. The number of nitrogens with two attached hydrogens (primary N) is 1. The van der Waals surface area contributed by atoms with E-state index in [-0.39, 0.29) is 18.4 Å². The molecule has 27 heavy (non-hydrogen) atoms. The molecule has 3 rings (SSSR count). The summed E-state index contributed by atoms with van der Waals surface area (Å²) < 4.78 is 1.60. The van der Waals surface area contributed by atoms with E-state index >= 15 is 0 Å². The molecule has 1 amide bonds. The zero-order chi connectivity index (χ0) is 19.4. The summed E-state index contributed by atoms with van der Waals surface area (Å²) in [6.45, 7) is 4.07. The number of rotatable bonds is 6. The molecular weight excluding hydrogens is 382 g/mol. The fraction of sp³-hybridized carbons (Fsp3) is 0.211. The van der Waals surface area contributed by atoms with Gasteiger partial charge in [0.25, 0.3) is 0 Å². The average Bonchev–Trinajstić information content (AvgIpc) is 2.97. The van der Waals surface area contributed by atoms with Crippen molar-refractivity contribution in [1.82, 2.24) is 14.8 Å². The highest BCUT2D eigenvalue weighted by molar-refractivity contribution is 7.98. The highest BCUT2D eigenvalue weighted by Gasteiger charge is 2.15. The van der Waals surface area contributed by atoms with Crippen LogP contribution in [0.2, 0.25) is 5.02 Å². The number of benzene rings is 2. The summed E-state index contributed by atoms with van der Waals surface area (Å²) in [4.78, 5) is 12.4. The van der Waals surface area contributed by atoms with Crippen LogP contribution >= 0.6 is 23.4 Å². The van der Waals surface area contributed by atoms with Gasteiger partial charge in [-0.15, -0.1) is 10.2 Å². The predicted octanol–water partition coefficient (Wildman–Crippen LogP) is 4.06. The van der Waals surface area contributed by atoms with E-state index in [1.807, 2.05) is 56.3 Å². The number of amides is 1. The Hall–Kier alpha value is -2.51. The maximum atomic E-state index is 12.4. The van der Waals surface area contributed by atoms with E-state index in [0.717, 1.165) is 16.8 Å². The molecule has 3 aromatic rings. The van der Waals surface area contributed by atoms with Gasteiger partial charge in [0.05, 0.1) is 0 Å². The molecule has 8 heteroatoms. The maximum absolute atomic E-state index is 12.4. The molecule has 0 saturated carbocycles. The molecule has 2 aromatic carbocycles. The summed E-state index contributed by atoms with van der Waals surface area (Å²) in [6, 6.07) is 13.4. The molecule has 0 aliphatic rings. The van der Waals surface area contributed by atoms with E-state index in [1.54, 1.807) is 4.57 Å². The number of aromatic nitrogens is 3. The van der Waals surface area contributed by atoms with Gasteiger partial charge in [-0.25, -0.2) is 0 Å². The molecule has 0 aliphatic heterocycles. The standard InChI is InChI=1S/C19H20ClN5OS/c1-12-7-8-15(9-13(12)2)22-17(26)10-25-18(21)23-24-19(25)27-11-14-5-3-4-6-16(14)20/h3-9H,10-11H2,1-2H3,(H2,21,23)(H,22,26). The van der Waals surface area contributed by atoms with Gasteiger partial charge in [-0.3, -0.25) is 9.36 Å². The van der Waals surface area contributed by atoms with Crippen molar-refractivity contribution in [1.29, 1.82) is 0 Å². The third-order valence-corrected chi connectivity index (χ3v) is 5.54. The summed E-state index contributed by atoms with van der Waals surface area (Å²) in [7, 11) is 0. The van der Waals surface area contributed by atoms with Crippen LogP contribution in [-0.4, -0.2) is 20.7 Å². The van der Waals surface area contributed by atoms with Crippen molar-refractivity contribution in [3.8, 4) is 0 Å². The van der Waals surface area contributed by atoms with E-state index in [2.05, 4.69) is 15.5 Å². The monoisotopic (exact) mass is 401 g/mol. The number of anilines is 2. The Bertz CT molecular complexity index is 972. The first kappa shape index (κ1) is 19.3. The van der Waals surface area contributed by atoms with Crippen LogP contribution in [0.5, 0.6) is 0 Å². The molecule has 6 nitrogen and oxygen atoms in total. The second kappa shape index (κ2) is 8.45. The quantitative estimate of drug-likeness (QED) is 0.608. The largest absolute Gasteiger partial charge is 0.368 e. The number of thioether (sulfide) groups is 1. The lowest BCUT2D eigenvalue weighted by Crippen LogP contribution is -2.20. The Morgan fingerprint density at radius 2 is 1.96 bits per heavy atom. The third kappa shape index (κ3) is 4.81. The van der Waals surface area contributed by atoms with Crippen LogP contribution in [-0.2, 0) is 17.1 Å². The topological polar surface area (TPSA) is 85.8 Å². The highest BCUT2D eigenvalue weighted by atomic mass is 35.5. The molecule has 0 atom stereocenters. The van der Waals surface area contributed by atoms with E-state index in [0.29, 0.717) is 15.9 Å². The van der Waals surface area contributed by atoms with Gasteiger partial charge < -0.3 is 11.1 Å². The van der Waals surface area contributed by atoms with Crippen LogP contribution in [0.15, 0.2) is 47.6 Å². The second-order valence-corrected chi connectivity index (χ2v) is 7.50. The van der Waals surface area contributed by atoms with Crippen LogP contribution in [0.25, 0.3) is 0 Å². The smallest absolute Gasteiger partial charge is 0.244 e. The van der Waals surface area contributed by atoms with Gasteiger partial charge in [0.1, 0.15) is 6.54 Å². The number of carbonyl (C=O) groups is 1. The lowest BCUT2D eigenvalue weighted by atomic mass is 10.1. The molecule has 0 bridgehead atoms. The van der Waals surface area contributed by atoms with Crippen molar-refractivity contribution in [2.24, 2.45) is 0 Å². The molecule has 0 saturated heterocycles. The van der Waals surface area contributed by atoms with Crippen molar-refractivity contribution < 1.29 is 4.79 Å². The lowest BCUT2D eigenvalue weighted by molar-refractivity contribution is -0.116. The minimum atomic E-state index is -0.190. The first-order chi connectivity index (χ1) is 12.9. The molecule has 1 heterocycles. The lowest BCUT2D eigenvalue weighted by Gasteiger charge is -2.10. The Morgan fingerprint density at radius 1 is 1.19 bits per heavy atom. The summed E-state index contributed by atoms with van der Waals surface area (Å²) in [5.41, 5.74) is 9.92. The normalized spacial score (nSPS) is 10.8. The molecule has 0 aliphatic carbocycles. The number of aryl methyl sites for hydroxylation is 2. The Morgan fingerprint density at radius 3 is 2.70 bits per heavy atom. The van der Waals surface area contributed by atoms with Crippen LogP contribution in [0.3, 0.4) is 0 Å². The van der Waals surface area contributed by atoms with Gasteiger partial charge in [-0.1, -0.05) is 47.6 Å². The molecular formula is C19H20ClN5OS. The summed E-state index contributed by atoms with van der Waals surface area (Å²) in [5, 5.41) is 12.1. The number of nitrogen functional groups attached to an aromatic ring is 1. The number of carbonyl (C=O) groups excluding carboxylic acids is 1. The Kier molecular flexibility index (Phi) is 6.03. The summed E-state index contributed by atoms with van der Waals surface area (Å²) >= 11 is 7.62. The molecule has 3 N–H and O–H groups in total. The van der Waals surface area contributed by atoms with Crippen LogP contribution in [0.1, 0.15) is 16.7 Å². The van der Waals surface area contributed by atoms with Gasteiger partial charge in [-0.2, -0.15) is 0 Å². The number of nitrogens with one attached hydrogen (secondary N) is 1. The van der Waals surface area contributed by atoms with E-state index in [9.17, 15) is 4.79 Å². The maximum Gasteiger partial charge on any atom is 0.244 e. The SMILES string of the molecule is Cc1ccc(NC(=O)Cn2c(N)nnc2SCc2ccccc2Cl)cc1C. The first-order valence-electron chi connectivity index (χ1n) is 8.36. The molecule has 0 fully saturated rings. The summed E-state index contributed by atoms with van der Waals surface area (Å²) in [5.74, 6) is 0.618. The number of hydrogen-bond donors (Lipinski definition) is 2. The fourth-order valence-corrected chi connectivity index (χ4v) is 3.71. The van der Waals surface area contributed by atoms with Crippen molar-refractivity contribution in [2.45, 2.75) is 31.3 Å². The zero-order valence-corrected chi connectivity index (χ0v) is 16.6. The van der Waals surface area contributed by atoms with Crippen molar-refractivity contribution in [2.75, 3.05) is 11.1 Å². The highest BCUT2D eigenvalue weighted by Crippen LogP contribution is 2.26. The van der Waals surface area contributed by atoms with Crippen molar-refractivity contribution in [3.63, 3.8) is 0 Å². The Labute approximate surface area is 167 Å². The van der Waals surface area contributed by atoms with E-state index in [1.165, 1.54) is 17.3 Å². The molecule has 140 valence electrons. The third-order valence-electron chi connectivity index (χ3n) is 4.15. The van der Waals surface area contributed by atoms with E-state index < -0.39 is 0 Å². The summed E-state index contributed by atoms with van der Waals surface area (Å²) in [6.07, 6.45) is 0. The number of nitrogens with zero attached hydrogens (tertiary/aromatic N) is 3. The zero-order valence-electron chi connectivity index (χ0n) is 15.1. The van der Waals surface area contributed by atoms with Gasteiger partial charge in [-0.05, 0) is 48.7 Å². The van der Waals surface area contributed by atoms with Gasteiger partial charge >= 0.3 is 0 Å². The first-order valence-corrected chi connectivity index (χ1v) is 9.72. The Balaban J connectivity index is 1.68. The number of hydrogen-bond acceptors (Lipinski definition) is 5. The van der Waals surface area contributed by atoms with Gasteiger partial charge in [0.2, 0.25) is 11.9 Å².